The summed E-state index contributed by atoms with van der Waals surface area (Å²) in [6.45, 7) is 1.09. The van der Waals surface area contributed by atoms with Gasteiger partial charge in [0.05, 0.1) is 0 Å². The number of hydrogen-bond acceptors (Lipinski definition) is 3. The molecule has 1 aliphatic heterocycles. The van der Waals surface area contributed by atoms with Crippen LogP contribution in [0.15, 0.2) is 24.3 Å². The second kappa shape index (κ2) is 6.52. The summed E-state index contributed by atoms with van der Waals surface area (Å²) in [5, 5.41) is 2.64. The molecule has 0 saturated carbocycles. The summed E-state index contributed by atoms with van der Waals surface area (Å²) in [7, 11) is 1.61. The van der Waals surface area contributed by atoms with Gasteiger partial charge < -0.3 is 16.0 Å². The van der Waals surface area contributed by atoms with Gasteiger partial charge in [0.25, 0.3) is 5.91 Å². The molecular formula is C15H21N3O2. The number of nitrogens with zero attached hydrogens (tertiary/aromatic N) is 1. The average Bonchev–Trinajstić information content (AvgIpc) is 2.53. The number of likely N-dealkylation sites (tertiary alicyclic amines) is 1. The summed E-state index contributed by atoms with van der Waals surface area (Å²) < 4.78 is 0. The van der Waals surface area contributed by atoms with Crippen molar-refractivity contribution in [3.05, 3.63) is 35.4 Å². The molecule has 1 aromatic carbocycles. The lowest BCUT2D eigenvalue weighted by atomic mass is 10.00. The second-order valence-corrected chi connectivity index (χ2v) is 5.03. The number of nitrogens with two attached hydrogens (primary N) is 1. The zero-order chi connectivity index (χ0) is 14.5. The molecular weight excluding hydrogens is 254 g/mol. The molecule has 3 N–H and O–H groups in total. The minimum absolute atomic E-state index is 0.0816. The number of amides is 2. The van der Waals surface area contributed by atoms with Crippen LogP contribution in [0.3, 0.4) is 0 Å². The second-order valence-electron chi connectivity index (χ2n) is 5.03. The van der Waals surface area contributed by atoms with Gasteiger partial charge in [0.2, 0.25) is 5.91 Å². The Kier molecular flexibility index (Phi) is 4.74. The minimum Gasteiger partial charge on any atom is -0.357 e. The maximum absolute atomic E-state index is 12.5. The molecule has 1 unspecified atom stereocenters. The molecule has 0 aliphatic carbocycles. The zero-order valence-electron chi connectivity index (χ0n) is 11.8. The van der Waals surface area contributed by atoms with E-state index in [1.165, 1.54) is 0 Å². The number of benzene rings is 1. The molecule has 0 bridgehead atoms. The van der Waals surface area contributed by atoms with Crippen molar-refractivity contribution in [2.24, 2.45) is 5.73 Å². The van der Waals surface area contributed by atoms with Gasteiger partial charge in [-0.3, -0.25) is 9.59 Å². The van der Waals surface area contributed by atoms with Crippen LogP contribution in [0.2, 0.25) is 0 Å². The zero-order valence-corrected chi connectivity index (χ0v) is 11.8. The first-order valence-electron chi connectivity index (χ1n) is 6.99. The number of likely N-dealkylation sites (N-methyl/N-ethyl adjacent to an activating group) is 1. The summed E-state index contributed by atoms with van der Waals surface area (Å²) in [4.78, 5) is 26.1. The van der Waals surface area contributed by atoms with Crippen molar-refractivity contribution in [1.82, 2.24) is 10.2 Å². The number of rotatable bonds is 3. The van der Waals surface area contributed by atoms with Crippen molar-refractivity contribution < 1.29 is 9.59 Å². The van der Waals surface area contributed by atoms with E-state index in [0.29, 0.717) is 18.7 Å². The van der Waals surface area contributed by atoms with Crippen LogP contribution in [0.5, 0.6) is 0 Å². The summed E-state index contributed by atoms with van der Waals surface area (Å²) >= 11 is 0. The third kappa shape index (κ3) is 2.99. The Balaban J connectivity index is 2.18. The predicted molar refractivity (Wildman–Crippen MR) is 77.1 cm³/mol. The van der Waals surface area contributed by atoms with Gasteiger partial charge in [-0.15, -0.1) is 0 Å². The number of carbonyl (C=O) groups is 2. The molecule has 1 fully saturated rings. The monoisotopic (exact) mass is 275 g/mol. The minimum atomic E-state index is -0.351. The van der Waals surface area contributed by atoms with Gasteiger partial charge in [-0.25, -0.2) is 0 Å². The first kappa shape index (κ1) is 14.5. The summed E-state index contributed by atoms with van der Waals surface area (Å²) in [6.07, 6.45) is 2.65. The highest BCUT2D eigenvalue weighted by atomic mass is 16.2. The Bertz CT molecular complexity index is 484. The molecule has 0 aromatic heterocycles. The summed E-state index contributed by atoms with van der Waals surface area (Å²) in [6, 6.07) is 6.91. The van der Waals surface area contributed by atoms with E-state index in [1.54, 1.807) is 24.1 Å². The molecule has 20 heavy (non-hydrogen) atoms. The van der Waals surface area contributed by atoms with Crippen LogP contribution in [0.25, 0.3) is 0 Å². The Morgan fingerprint density at radius 3 is 2.60 bits per heavy atom. The van der Waals surface area contributed by atoms with Crippen LogP contribution in [0.1, 0.15) is 35.2 Å². The maximum atomic E-state index is 12.5. The molecule has 1 saturated heterocycles. The SMILES string of the molecule is CNC(=O)C1CCCCN1C(=O)c1ccc(CN)cc1. The van der Waals surface area contributed by atoms with Crippen LogP contribution in [0, 0.1) is 0 Å². The topological polar surface area (TPSA) is 75.4 Å². The van der Waals surface area contributed by atoms with Crippen molar-refractivity contribution in [3.63, 3.8) is 0 Å². The first-order valence-corrected chi connectivity index (χ1v) is 6.99. The molecule has 0 spiro atoms. The van der Waals surface area contributed by atoms with E-state index in [0.717, 1.165) is 24.8 Å². The predicted octanol–water partition coefficient (Wildman–Crippen LogP) is 0.886. The fourth-order valence-corrected chi connectivity index (χ4v) is 2.56. The van der Waals surface area contributed by atoms with E-state index in [2.05, 4.69) is 5.32 Å². The van der Waals surface area contributed by atoms with Crippen molar-refractivity contribution in [2.75, 3.05) is 13.6 Å². The lowest BCUT2D eigenvalue weighted by molar-refractivity contribution is -0.126. The smallest absolute Gasteiger partial charge is 0.254 e. The molecule has 5 heteroatoms. The van der Waals surface area contributed by atoms with Gasteiger partial charge >= 0.3 is 0 Å². The molecule has 108 valence electrons. The van der Waals surface area contributed by atoms with Crippen molar-refractivity contribution in [3.8, 4) is 0 Å². The summed E-state index contributed by atoms with van der Waals surface area (Å²) in [5.74, 6) is -0.168. The third-order valence-corrected chi connectivity index (χ3v) is 3.75. The van der Waals surface area contributed by atoms with Gasteiger partial charge in [-0.1, -0.05) is 12.1 Å². The molecule has 1 aliphatic rings. The number of carbonyl (C=O) groups excluding carboxylic acids is 2. The lowest BCUT2D eigenvalue weighted by Crippen LogP contribution is -2.51. The van der Waals surface area contributed by atoms with E-state index in [-0.39, 0.29) is 17.9 Å². The third-order valence-electron chi connectivity index (χ3n) is 3.75. The number of hydrogen-bond donors (Lipinski definition) is 2. The quantitative estimate of drug-likeness (QED) is 0.860. The maximum Gasteiger partial charge on any atom is 0.254 e. The van der Waals surface area contributed by atoms with Crippen LogP contribution < -0.4 is 11.1 Å². The van der Waals surface area contributed by atoms with E-state index in [9.17, 15) is 9.59 Å². The lowest BCUT2D eigenvalue weighted by Gasteiger charge is -2.34. The van der Waals surface area contributed by atoms with Crippen LogP contribution in [0.4, 0.5) is 0 Å². The Hall–Kier alpha value is -1.88. The van der Waals surface area contributed by atoms with Crippen molar-refractivity contribution in [1.29, 1.82) is 0 Å². The number of piperidine rings is 1. The van der Waals surface area contributed by atoms with Gasteiger partial charge in [0.15, 0.2) is 0 Å². The van der Waals surface area contributed by atoms with Gasteiger partial charge in [0.1, 0.15) is 6.04 Å². The molecule has 1 atom stereocenters. The van der Waals surface area contributed by atoms with Crippen molar-refractivity contribution >= 4 is 11.8 Å². The normalized spacial score (nSPS) is 18.7. The molecule has 0 radical (unpaired) electrons. The average molecular weight is 275 g/mol. The van der Waals surface area contributed by atoms with E-state index >= 15 is 0 Å². The van der Waals surface area contributed by atoms with Gasteiger partial charge in [0, 0.05) is 25.7 Å². The van der Waals surface area contributed by atoms with E-state index < -0.39 is 0 Å². The largest absolute Gasteiger partial charge is 0.357 e. The van der Waals surface area contributed by atoms with Crippen LogP contribution in [-0.2, 0) is 11.3 Å². The molecule has 1 heterocycles. The van der Waals surface area contributed by atoms with E-state index in [4.69, 9.17) is 5.73 Å². The van der Waals surface area contributed by atoms with E-state index in [1.807, 2.05) is 12.1 Å². The Labute approximate surface area is 119 Å². The fourth-order valence-electron chi connectivity index (χ4n) is 2.56. The number of nitrogens with one attached hydrogen (secondary N) is 1. The van der Waals surface area contributed by atoms with Gasteiger partial charge in [-0.2, -0.15) is 0 Å². The highest BCUT2D eigenvalue weighted by Crippen LogP contribution is 2.20. The molecule has 1 aromatic rings. The fraction of sp³-hybridized carbons (Fsp3) is 0.467. The first-order chi connectivity index (χ1) is 9.67. The van der Waals surface area contributed by atoms with Crippen LogP contribution >= 0.6 is 0 Å². The standard InChI is InChI=1S/C15H21N3O2/c1-17-14(19)13-4-2-3-9-18(13)15(20)12-7-5-11(10-16)6-8-12/h5-8,13H,2-4,9-10,16H2,1H3,(H,17,19). The highest BCUT2D eigenvalue weighted by Gasteiger charge is 2.31. The molecule has 5 nitrogen and oxygen atoms in total. The molecule has 2 rings (SSSR count). The molecule has 2 amide bonds. The Morgan fingerprint density at radius 1 is 1.30 bits per heavy atom. The Morgan fingerprint density at radius 2 is 2.00 bits per heavy atom. The van der Waals surface area contributed by atoms with Crippen LogP contribution in [-0.4, -0.2) is 36.3 Å². The van der Waals surface area contributed by atoms with Gasteiger partial charge in [-0.05, 0) is 37.0 Å². The highest BCUT2D eigenvalue weighted by molar-refractivity contribution is 5.97. The van der Waals surface area contributed by atoms with Crippen molar-refractivity contribution in [2.45, 2.75) is 31.8 Å². The summed E-state index contributed by atoms with van der Waals surface area (Å²) in [5.41, 5.74) is 7.15.